The first-order valence-corrected chi connectivity index (χ1v) is 15.2. The number of benzene rings is 3. The number of piperidine rings is 1. The lowest BCUT2D eigenvalue weighted by molar-refractivity contribution is -0.147. The Morgan fingerprint density at radius 3 is 2.00 bits per heavy atom. The average molecular weight is 596 g/mol. The minimum atomic E-state index is -3.70. The maximum Gasteiger partial charge on any atom is 0.329 e. The third kappa shape index (κ3) is 8.39. The maximum atomic E-state index is 13.2. The summed E-state index contributed by atoms with van der Waals surface area (Å²) in [5, 5.41) is 5.38. The summed E-state index contributed by atoms with van der Waals surface area (Å²) in [7, 11) is -0.546. The van der Waals surface area contributed by atoms with Gasteiger partial charge in [0.05, 0.1) is 4.90 Å². The van der Waals surface area contributed by atoms with Crippen molar-refractivity contribution < 1.29 is 32.2 Å². The van der Waals surface area contributed by atoms with E-state index in [1.54, 1.807) is 14.2 Å². The lowest BCUT2D eigenvalue weighted by Crippen LogP contribution is -2.45. The zero-order chi connectivity index (χ0) is 30.0. The summed E-state index contributed by atoms with van der Waals surface area (Å²) in [6.45, 7) is 0.810. The zero-order valence-corrected chi connectivity index (χ0v) is 24.6. The number of methoxy groups -OCH3 is 2. The molecule has 0 radical (unpaired) electrons. The number of sulfonamides is 1. The Morgan fingerprint density at radius 2 is 1.43 bits per heavy atom. The molecular weight excluding hydrogens is 558 g/mol. The number of esters is 1. The summed E-state index contributed by atoms with van der Waals surface area (Å²) in [6.07, 6.45) is 1.14. The van der Waals surface area contributed by atoms with Gasteiger partial charge in [-0.25, -0.2) is 18.0 Å². The summed E-state index contributed by atoms with van der Waals surface area (Å²) < 4.78 is 44.0. The van der Waals surface area contributed by atoms with Crippen LogP contribution in [0, 0.1) is 5.92 Å². The van der Waals surface area contributed by atoms with Gasteiger partial charge >= 0.3 is 12.0 Å². The fourth-order valence-corrected chi connectivity index (χ4v) is 6.40. The summed E-state index contributed by atoms with van der Waals surface area (Å²) in [4.78, 5) is 26.0. The molecule has 1 atom stereocenters. The minimum absolute atomic E-state index is 0.0845. The molecule has 11 heteroatoms. The fourth-order valence-electron chi connectivity index (χ4n) is 4.93. The van der Waals surface area contributed by atoms with Crippen molar-refractivity contribution in [2.24, 2.45) is 5.92 Å². The van der Waals surface area contributed by atoms with Gasteiger partial charge in [-0.2, -0.15) is 4.31 Å². The van der Waals surface area contributed by atoms with Crippen molar-refractivity contribution >= 4 is 27.7 Å². The van der Waals surface area contributed by atoms with Gasteiger partial charge in [0.15, 0.2) is 6.29 Å². The third-order valence-corrected chi connectivity index (χ3v) is 9.11. The van der Waals surface area contributed by atoms with Gasteiger partial charge in [-0.15, -0.1) is 0 Å². The Morgan fingerprint density at radius 1 is 0.857 bits per heavy atom. The Bertz CT molecular complexity index is 1390. The van der Waals surface area contributed by atoms with E-state index in [0.29, 0.717) is 31.6 Å². The highest BCUT2D eigenvalue weighted by atomic mass is 32.2. The number of carbonyl (C=O) groups excluding carboxylic acids is 2. The largest absolute Gasteiger partial charge is 0.459 e. The highest BCUT2D eigenvalue weighted by molar-refractivity contribution is 7.89. The first kappa shape index (κ1) is 31.2. The molecule has 42 heavy (non-hydrogen) atoms. The SMILES string of the molecule is COC(OC)C1CCN(S(=O)(=O)c2ccc(NC(=O)NC(Cc3ccccc3)C(=O)OCc3ccccc3)cc2)CC1. The van der Waals surface area contributed by atoms with Crippen molar-refractivity contribution in [3.05, 3.63) is 96.1 Å². The molecule has 4 rings (SSSR count). The molecular formula is C31H37N3O7S. The van der Waals surface area contributed by atoms with E-state index in [4.69, 9.17) is 14.2 Å². The van der Waals surface area contributed by atoms with E-state index in [9.17, 15) is 18.0 Å². The zero-order valence-electron chi connectivity index (χ0n) is 23.8. The normalized spacial score (nSPS) is 15.2. The number of rotatable bonds is 12. The molecule has 0 aromatic heterocycles. The van der Waals surface area contributed by atoms with Crippen molar-refractivity contribution in [2.45, 2.75) is 43.1 Å². The van der Waals surface area contributed by atoms with E-state index in [1.807, 2.05) is 60.7 Å². The Kier molecular flexibility index (Phi) is 11.1. The van der Waals surface area contributed by atoms with Gasteiger partial charge in [-0.05, 0) is 48.2 Å². The van der Waals surface area contributed by atoms with Crippen LogP contribution in [0.1, 0.15) is 24.0 Å². The number of urea groups is 1. The third-order valence-electron chi connectivity index (χ3n) is 7.19. The van der Waals surface area contributed by atoms with Gasteiger partial charge in [-0.3, -0.25) is 0 Å². The number of hydrogen-bond acceptors (Lipinski definition) is 7. The highest BCUT2D eigenvalue weighted by Gasteiger charge is 2.33. The number of nitrogens with zero attached hydrogens (tertiary/aromatic N) is 1. The molecule has 1 unspecified atom stereocenters. The van der Waals surface area contributed by atoms with Gasteiger partial charge in [0.2, 0.25) is 10.0 Å². The van der Waals surface area contributed by atoms with Crippen molar-refractivity contribution in [3.8, 4) is 0 Å². The molecule has 1 aliphatic rings. The summed E-state index contributed by atoms with van der Waals surface area (Å²) in [5.74, 6) is -0.441. The molecule has 10 nitrogen and oxygen atoms in total. The van der Waals surface area contributed by atoms with E-state index in [1.165, 1.54) is 28.6 Å². The average Bonchev–Trinajstić information content (AvgIpc) is 3.01. The summed E-state index contributed by atoms with van der Waals surface area (Å²) in [6, 6.07) is 23.0. The molecule has 1 fully saturated rings. The van der Waals surface area contributed by atoms with Crippen LogP contribution in [-0.4, -0.2) is 64.4 Å². The van der Waals surface area contributed by atoms with Crippen LogP contribution >= 0.6 is 0 Å². The smallest absolute Gasteiger partial charge is 0.329 e. The number of ether oxygens (including phenoxy) is 3. The molecule has 0 spiro atoms. The van der Waals surface area contributed by atoms with Crippen molar-refractivity contribution in [1.82, 2.24) is 9.62 Å². The van der Waals surface area contributed by atoms with Crippen LogP contribution in [0.15, 0.2) is 89.8 Å². The molecule has 1 aliphatic heterocycles. The molecule has 224 valence electrons. The Balaban J connectivity index is 1.36. The van der Waals surface area contributed by atoms with Crippen LogP contribution in [0.25, 0.3) is 0 Å². The van der Waals surface area contributed by atoms with Gasteiger partial charge < -0.3 is 24.8 Å². The predicted octanol–water partition coefficient (Wildman–Crippen LogP) is 4.18. The molecule has 3 aromatic rings. The first-order chi connectivity index (χ1) is 20.3. The van der Waals surface area contributed by atoms with Crippen molar-refractivity contribution in [3.63, 3.8) is 0 Å². The van der Waals surface area contributed by atoms with Crippen LogP contribution in [0.2, 0.25) is 0 Å². The predicted molar refractivity (Wildman–Crippen MR) is 158 cm³/mol. The van der Waals surface area contributed by atoms with Gasteiger partial charge in [0, 0.05) is 45.3 Å². The maximum absolute atomic E-state index is 13.2. The number of nitrogens with one attached hydrogen (secondary N) is 2. The van der Waals surface area contributed by atoms with Gasteiger partial charge in [0.25, 0.3) is 0 Å². The van der Waals surface area contributed by atoms with E-state index < -0.39 is 28.1 Å². The van der Waals surface area contributed by atoms with Crippen molar-refractivity contribution in [1.29, 1.82) is 0 Å². The number of amides is 2. The van der Waals surface area contributed by atoms with E-state index >= 15 is 0 Å². The van der Waals surface area contributed by atoms with E-state index in [0.717, 1.165) is 11.1 Å². The first-order valence-electron chi connectivity index (χ1n) is 13.8. The lowest BCUT2D eigenvalue weighted by atomic mass is 9.97. The van der Waals surface area contributed by atoms with Crippen LogP contribution in [0.5, 0.6) is 0 Å². The summed E-state index contributed by atoms with van der Waals surface area (Å²) >= 11 is 0. The van der Waals surface area contributed by atoms with Gasteiger partial charge in [0.1, 0.15) is 12.6 Å². The number of carbonyl (C=O) groups is 2. The topological polar surface area (TPSA) is 123 Å². The van der Waals surface area contributed by atoms with Crippen LogP contribution < -0.4 is 10.6 Å². The molecule has 1 saturated heterocycles. The number of anilines is 1. The second kappa shape index (κ2) is 14.9. The molecule has 0 aliphatic carbocycles. The second-order valence-corrected chi connectivity index (χ2v) is 12.0. The molecule has 0 bridgehead atoms. The minimum Gasteiger partial charge on any atom is -0.459 e. The number of hydrogen-bond donors (Lipinski definition) is 2. The van der Waals surface area contributed by atoms with E-state index in [-0.39, 0.29) is 30.1 Å². The van der Waals surface area contributed by atoms with Crippen LogP contribution in [0.4, 0.5) is 10.5 Å². The van der Waals surface area contributed by atoms with Crippen LogP contribution in [-0.2, 0) is 42.1 Å². The second-order valence-electron chi connectivity index (χ2n) is 10.0. The lowest BCUT2D eigenvalue weighted by Gasteiger charge is -2.34. The Labute approximate surface area is 247 Å². The Hall–Kier alpha value is -3.77. The molecule has 2 amide bonds. The van der Waals surface area contributed by atoms with Gasteiger partial charge in [-0.1, -0.05) is 60.7 Å². The monoisotopic (exact) mass is 595 g/mol. The van der Waals surface area contributed by atoms with E-state index in [2.05, 4.69) is 10.6 Å². The summed E-state index contributed by atoms with van der Waals surface area (Å²) in [5.41, 5.74) is 2.07. The van der Waals surface area contributed by atoms with Crippen molar-refractivity contribution in [2.75, 3.05) is 32.6 Å². The fraction of sp³-hybridized carbons (Fsp3) is 0.355. The molecule has 2 N–H and O–H groups in total. The molecule has 3 aromatic carbocycles. The highest BCUT2D eigenvalue weighted by Crippen LogP contribution is 2.27. The molecule has 0 saturated carbocycles. The standard InChI is InChI=1S/C31H37N3O7S/c1-39-30(40-2)25-17-19-34(20-18-25)42(37,38)27-15-13-26(14-16-27)32-31(36)33-28(21-23-9-5-3-6-10-23)29(35)41-22-24-11-7-4-8-12-24/h3-16,25,28,30H,17-22H2,1-2H3,(H2,32,33,36). The quantitative estimate of drug-likeness (QED) is 0.238. The molecule has 1 heterocycles. The van der Waals surface area contributed by atoms with Crippen LogP contribution in [0.3, 0.4) is 0 Å².